The molecule has 5 aromatic rings. The standard InChI is InChI=1S/C47H50F6N8O9S2/c1-29-20-32(46(48,49)50)4-7-37(29)39-24-45(2,3)12-10-31(39)27-58-14-16-59(17-15-58)33-5-8-38(42(22-33)70-34-21-30-11-13-54-43(30)56-25-34)44(62)57-71(65,66)36-6-9-40(41(23-36)61(63)64)55-26-35-28-60(18-19-69-35)72(67,68)47(51,52)53/h4-9,11,13,20-23,25,35,55H,10,12,14-19,24,26-28H2,1-3H3,(H,54,56)(H,57,62). The number of halogens is 6. The van der Waals surface area contributed by atoms with Crippen molar-refractivity contribution in [2.75, 3.05) is 69.2 Å². The molecule has 3 N–H and O–H groups in total. The number of hydrogen-bond acceptors (Lipinski definition) is 13. The molecule has 2 fully saturated rings. The topological polar surface area (TPSA) is 209 Å². The van der Waals surface area contributed by atoms with Crippen molar-refractivity contribution < 1.29 is 62.4 Å². The van der Waals surface area contributed by atoms with Gasteiger partial charge < -0.3 is 24.7 Å². The Hall–Kier alpha value is -6.28. The smallest absolute Gasteiger partial charge is 0.455 e. The van der Waals surface area contributed by atoms with Gasteiger partial charge in [0.2, 0.25) is 0 Å². The van der Waals surface area contributed by atoms with E-state index in [4.69, 9.17) is 9.47 Å². The summed E-state index contributed by atoms with van der Waals surface area (Å²) in [5, 5.41) is 15.5. The minimum absolute atomic E-state index is 0.0308. The molecule has 3 aromatic carbocycles. The van der Waals surface area contributed by atoms with Gasteiger partial charge in [-0.2, -0.15) is 30.6 Å². The van der Waals surface area contributed by atoms with E-state index in [0.717, 1.165) is 48.6 Å². The van der Waals surface area contributed by atoms with E-state index in [2.05, 4.69) is 38.9 Å². The second kappa shape index (κ2) is 20.0. The number of nitrogens with one attached hydrogen (secondary N) is 3. The van der Waals surface area contributed by atoms with E-state index >= 15 is 0 Å². The molecule has 4 heterocycles. The third kappa shape index (κ3) is 11.5. The summed E-state index contributed by atoms with van der Waals surface area (Å²) in [6, 6.07) is 14.6. The summed E-state index contributed by atoms with van der Waals surface area (Å²) in [7, 11) is -10.5. The Labute approximate surface area is 410 Å². The highest BCUT2D eigenvalue weighted by Gasteiger charge is 2.51. The van der Waals surface area contributed by atoms with Crippen molar-refractivity contribution in [1.29, 1.82) is 0 Å². The lowest BCUT2D eigenvalue weighted by Gasteiger charge is -2.39. The van der Waals surface area contributed by atoms with Crippen molar-refractivity contribution >= 4 is 59.6 Å². The maximum Gasteiger partial charge on any atom is 0.511 e. The molecule has 8 rings (SSSR count). The van der Waals surface area contributed by atoms with Crippen molar-refractivity contribution in [3.8, 4) is 11.5 Å². The molecule has 1 aliphatic carbocycles. The van der Waals surface area contributed by atoms with Gasteiger partial charge in [0.05, 0.1) is 39.9 Å². The van der Waals surface area contributed by atoms with E-state index < -0.39 is 77.9 Å². The Bertz CT molecular complexity index is 3160. The number of allylic oxidation sites excluding steroid dienone is 1. The van der Waals surface area contributed by atoms with E-state index in [0.29, 0.717) is 61.1 Å². The molecule has 1 atom stereocenters. The number of morpholine rings is 1. The maximum absolute atomic E-state index is 14.0. The fourth-order valence-electron chi connectivity index (χ4n) is 9.11. The van der Waals surface area contributed by atoms with Gasteiger partial charge in [-0.05, 0) is 96.8 Å². The molecule has 2 aromatic heterocycles. The van der Waals surface area contributed by atoms with Gasteiger partial charge in [-0.15, -0.1) is 0 Å². The van der Waals surface area contributed by atoms with Crippen LogP contribution in [0, 0.1) is 22.5 Å². The Morgan fingerprint density at radius 2 is 1.72 bits per heavy atom. The second-order valence-electron chi connectivity index (χ2n) is 18.6. The number of aromatic amines is 1. The number of rotatable bonds is 14. The number of anilines is 2. The molecule has 17 nitrogen and oxygen atoms in total. The number of aryl methyl sites for hydroxylation is 1. The predicted octanol–water partition coefficient (Wildman–Crippen LogP) is 8.46. The first kappa shape index (κ1) is 52.1. The highest BCUT2D eigenvalue weighted by molar-refractivity contribution is 7.90. The van der Waals surface area contributed by atoms with Crippen LogP contribution >= 0.6 is 0 Å². The van der Waals surface area contributed by atoms with E-state index in [1.807, 2.05) is 4.72 Å². The first-order valence-electron chi connectivity index (χ1n) is 22.7. The number of hydrogen-bond donors (Lipinski definition) is 3. The number of H-pyrrole nitrogens is 1. The van der Waals surface area contributed by atoms with Gasteiger partial charge in [0.1, 0.15) is 22.8 Å². The number of piperazine rings is 1. The van der Waals surface area contributed by atoms with Crippen LogP contribution in [0.5, 0.6) is 11.5 Å². The minimum Gasteiger partial charge on any atom is -0.455 e. The molecule has 386 valence electrons. The van der Waals surface area contributed by atoms with Gasteiger partial charge in [0.25, 0.3) is 21.6 Å². The quantitative estimate of drug-likeness (QED) is 0.0542. The number of carbonyl (C=O) groups excluding carboxylic acids is 1. The molecule has 25 heteroatoms. The lowest BCUT2D eigenvalue weighted by molar-refractivity contribution is -0.384. The molecule has 0 saturated carbocycles. The SMILES string of the molecule is Cc1cc(C(F)(F)F)ccc1C1=C(CN2CCN(c3ccc(C(=O)NS(=O)(=O)c4ccc(NCC5CN(S(=O)(=O)C(F)(F)F)CCO5)c([N+](=O)[O-])c4)c(Oc4cnc5[nH]ccc5c4)c3)CC2)CCC(C)(C)C1. The monoisotopic (exact) mass is 1050 g/mol. The minimum atomic E-state index is -5.66. The Kier molecular flexibility index (Phi) is 14.4. The summed E-state index contributed by atoms with van der Waals surface area (Å²) in [4.78, 5) is 36.2. The molecule has 1 unspecified atom stereocenters. The average molecular weight is 1050 g/mol. The Balaban J connectivity index is 0.989. The van der Waals surface area contributed by atoms with Crippen LogP contribution in [0.4, 0.5) is 43.4 Å². The van der Waals surface area contributed by atoms with Crippen molar-refractivity contribution in [2.45, 2.75) is 62.7 Å². The number of alkyl halides is 6. The third-order valence-electron chi connectivity index (χ3n) is 13.0. The van der Waals surface area contributed by atoms with Crippen LogP contribution in [0.25, 0.3) is 16.6 Å². The number of carbonyl (C=O) groups is 1. The first-order chi connectivity index (χ1) is 33.8. The summed E-state index contributed by atoms with van der Waals surface area (Å²) in [6.07, 6.45) is -0.0530. The van der Waals surface area contributed by atoms with Crippen LogP contribution in [-0.4, -0.2) is 117 Å². The van der Waals surface area contributed by atoms with Gasteiger partial charge >= 0.3 is 21.7 Å². The number of sulfonamides is 2. The van der Waals surface area contributed by atoms with E-state index in [9.17, 15) is 58.1 Å². The number of fused-ring (bicyclic) bond motifs is 1. The number of nitrogens with zero attached hydrogens (tertiary/aromatic N) is 5. The van der Waals surface area contributed by atoms with Crippen molar-refractivity contribution in [2.24, 2.45) is 5.41 Å². The van der Waals surface area contributed by atoms with Gasteiger partial charge in [0, 0.05) is 81.8 Å². The molecule has 2 saturated heterocycles. The van der Waals surface area contributed by atoms with Crippen molar-refractivity contribution in [3.05, 3.63) is 117 Å². The zero-order chi connectivity index (χ0) is 52.0. The molecule has 72 heavy (non-hydrogen) atoms. The summed E-state index contributed by atoms with van der Waals surface area (Å²) >= 11 is 0. The number of nitro groups is 1. The lowest BCUT2D eigenvalue weighted by Crippen LogP contribution is -2.51. The molecule has 3 aliphatic rings. The number of benzene rings is 3. The van der Waals surface area contributed by atoms with Crippen molar-refractivity contribution in [3.63, 3.8) is 0 Å². The number of ether oxygens (including phenoxy) is 2. The van der Waals surface area contributed by atoms with Crippen LogP contribution < -0.4 is 19.7 Å². The molecular formula is C47H50F6N8O9S2. The largest absolute Gasteiger partial charge is 0.511 e. The number of aromatic nitrogens is 2. The molecule has 0 bridgehead atoms. The average Bonchev–Trinajstić information content (AvgIpc) is 3.79. The normalized spacial score (nSPS) is 18.6. The second-order valence-corrected chi connectivity index (χ2v) is 22.2. The molecule has 0 spiro atoms. The highest BCUT2D eigenvalue weighted by atomic mass is 32.2. The number of nitro benzene ring substituents is 1. The summed E-state index contributed by atoms with van der Waals surface area (Å²) in [5.41, 5.74) is -2.66. The third-order valence-corrected chi connectivity index (χ3v) is 15.9. The zero-order valence-electron chi connectivity index (χ0n) is 39.1. The zero-order valence-corrected chi connectivity index (χ0v) is 40.7. The van der Waals surface area contributed by atoms with Crippen molar-refractivity contribution in [1.82, 2.24) is 23.9 Å². The van der Waals surface area contributed by atoms with E-state index in [1.54, 1.807) is 43.5 Å². The van der Waals surface area contributed by atoms with Gasteiger partial charge in [-0.1, -0.05) is 25.5 Å². The van der Waals surface area contributed by atoms with Gasteiger partial charge in [-0.25, -0.2) is 26.5 Å². The highest BCUT2D eigenvalue weighted by Crippen LogP contribution is 2.45. The predicted molar refractivity (Wildman–Crippen MR) is 255 cm³/mol. The Morgan fingerprint density at radius 1 is 0.972 bits per heavy atom. The van der Waals surface area contributed by atoms with Crippen LogP contribution in [-0.2, 0) is 31.0 Å². The van der Waals surface area contributed by atoms with Crippen LogP contribution in [0.1, 0.15) is 60.2 Å². The maximum atomic E-state index is 14.0. The summed E-state index contributed by atoms with van der Waals surface area (Å²) in [5.74, 6) is -0.961. The number of amides is 1. The fraction of sp³-hybridized carbons (Fsp3) is 0.404. The Morgan fingerprint density at radius 3 is 2.42 bits per heavy atom. The summed E-state index contributed by atoms with van der Waals surface area (Å²) < 4.78 is 145. The van der Waals surface area contributed by atoms with E-state index in [1.165, 1.54) is 23.9 Å². The summed E-state index contributed by atoms with van der Waals surface area (Å²) in [6.45, 7) is 6.96. The fourth-order valence-corrected chi connectivity index (χ4v) is 11.1. The molecule has 2 aliphatic heterocycles. The first-order valence-corrected chi connectivity index (χ1v) is 25.6. The number of pyridine rings is 1. The molecular weight excluding hydrogens is 999 g/mol. The lowest BCUT2D eigenvalue weighted by atomic mass is 9.72. The van der Waals surface area contributed by atoms with Crippen LogP contribution in [0.15, 0.2) is 89.6 Å². The van der Waals surface area contributed by atoms with Crippen LogP contribution in [0.2, 0.25) is 0 Å². The van der Waals surface area contributed by atoms with Crippen LogP contribution in [0.3, 0.4) is 0 Å². The molecule has 1 amide bonds. The van der Waals surface area contributed by atoms with Gasteiger partial charge in [0.15, 0.2) is 0 Å². The van der Waals surface area contributed by atoms with E-state index in [-0.39, 0.29) is 45.6 Å². The molecule has 0 radical (unpaired) electrons. The van der Waals surface area contributed by atoms with Gasteiger partial charge in [-0.3, -0.25) is 19.8 Å².